The van der Waals surface area contributed by atoms with Crippen LogP contribution in [0.5, 0.6) is 0 Å². The molecule has 0 aromatic heterocycles. The van der Waals surface area contributed by atoms with Gasteiger partial charge in [-0.2, -0.15) is 4.31 Å². The van der Waals surface area contributed by atoms with E-state index in [0.29, 0.717) is 19.5 Å². The topological polar surface area (TPSA) is 40.6 Å². The highest BCUT2D eigenvalue weighted by atomic mass is 79.9. The van der Waals surface area contributed by atoms with Crippen molar-refractivity contribution in [1.29, 1.82) is 0 Å². The van der Waals surface area contributed by atoms with Crippen LogP contribution in [-0.2, 0) is 16.6 Å². The lowest BCUT2D eigenvalue weighted by Gasteiger charge is -2.34. The van der Waals surface area contributed by atoms with E-state index in [2.05, 4.69) is 33.0 Å². The largest absolute Gasteiger partial charge is 0.296 e. The van der Waals surface area contributed by atoms with E-state index in [9.17, 15) is 8.42 Å². The molecule has 1 fully saturated rings. The van der Waals surface area contributed by atoms with Crippen LogP contribution in [0.3, 0.4) is 0 Å². The second-order valence-corrected chi connectivity index (χ2v) is 8.12. The number of benzene rings is 1. The minimum atomic E-state index is -3.03. The third-order valence-corrected chi connectivity index (χ3v) is 6.11. The quantitative estimate of drug-likeness (QED) is 0.808. The van der Waals surface area contributed by atoms with Gasteiger partial charge in [0, 0.05) is 37.2 Å². The summed E-state index contributed by atoms with van der Waals surface area (Å²) >= 11 is 3.43. The minimum Gasteiger partial charge on any atom is -0.296 e. The highest BCUT2D eigenvalue weighted by Crippen LogP contribution is 2.14. The van der Waals surface area contributed by atoms with Crippen LogP contribution in [0.25, 0.3) is 0 Å². The van der Waals surface area contributed by atoms with E-state index in [1.54, 1.807) is 4.31 Å². The van der Waals surface area contributed by atoms with Crippen LogP contribution in [0, 0.1) is 0 Å². The Morgan fingerprint density at radius 2 is 1.70 bits per heavy atom. The van der Waals surface area contributed by atoms with Gasteiger partial charge in [-0.1, -0.05) is 35.0 Å². The second-order valence-electron chi connectivity index (χ2n) is 5.12. The predicted octanol–water partition coefficient (Wildman–Crippen LogP) is 2.31. The first kappa shape index (κ1) is 15.9. The zero-order valence-electron chi connectivity index (χ0n) is 11.8. The third-order valence-electron chi connectivity index (χ3n) is 3.51. The van der Waals surface area contributed by atoms with Crippen LogP contribution >= 0.6 is 15.9 Å². The molecule has 0 N–H and O–H groups in total. The summed E-state index contributed by atoms with van der Waals surface area (Å²) < 4.78 is 26.7. The highest BCUT2D eigenvalue weighted by Gasteiger charge is 2.25. The average Bonchev–Trinajstić information content (AvgIpc) is 2.42. The SMILES string of the molecule is CCCS(=O)(=O)N1CCN(Cc2ccc(Br)cc2)CC1. The first-order valence-electron chi connectivity index (χ1n) is 6.96. The summed E-state index contributed by atoms with van der Waals surface area (Å²) in [7, 11) is -3.03. The lowest BCUT2D eigenvalue weighted by molar-refractivity contribution is 0.181. The standard InChI is InChI=1S/C14H21BrN2O2S/c1-2-11-20(18,19)17-9-7-16(8-10-17)12-13-3-5-14(15)6-4-13/h3-6H,2,7-12H2,1H3. The number of rotatable bonds is 5. The fourth-order valence-corrected chi connectivity index (χ4v) is 4.16. The summed E-state index contributed by atoms with van der Waals surface area (Å²) in [5.74, 6) is 0.264. The van der Waals surface area contributed by atoms with Crippen LogP contribution in [-0.4, -0.2) is 49.6 Å². The second kappa shape index (κ2) is 7.02. The summed E-state index contributed by atoms with van der Waals surface area (Å²) in [5.41, 5.74) is 1.26. The van der Waals surface area contributed by atoms with Gasteiger partial charge in [-0.05, 0) is 24.1 Å². The number of hydrogen-bond acceptors (Lipinski definition) is 3. The van der Waals surface area contributed by atoms with Gasteiger partial charge in [0.05, 0.1) is 5.75 Å². The van der Waals surface area contributed by atoms with Crippen molar-refractivity contribution in [3.63, 3.8) is 0 Å². The third kappa shape index (κ3) is 4.28. The Kier molecular flexibility index (Phi) is 5.60. The number of sulfonamides is 1. The normalized spacial score (nSPS) is 18.3. The molecular formula is C14H21BrN2O2S. The Labute approximate surface area is 129 Å². The van der Waals surface area contributed by atoms with Crippen molar-refractivity contribution < 1.29 is 8.42 Å². The van der Waals surface area contributed by atoms with E-state index in [0.717, 1.165) is 24.1 Å². The lowest BCUT2D eigenvalue weighted by Crippen LogP contribution is -2.48. The Bertz CT molecular complexity index is 523. The molecule has 1 aromatic rings. The summed E-state index contributed by atoms with van der Waals surface area (Å²) in [6.45, 7) is 5.62. The minimum absolute atomic E-state index is 0.264. The lowest BCUT2D eigenvalue weighted by atomic mass is 10.2. The molecule has 112 valence electrons. The molecule has 4 nitrogen and oxygen atoms in total. The van der Waals surface area contributed by atoms with Crippen molar-refractivity contribution in [1.82, 2.24) is 9.21 Å². The molecule has 1 aromatic carbocycles. The summed E-state index contributed by atoms with van der Waals surface area (Å²) in [6.07, 6.45) is 0.682. The predicted molar refractivity (Wildman–Crippen MR) is 85.1 cm³/mol. The van der Waals surface area contributed by atoms with Gasteiger partial charge in [0.1, 0.15) is 0 Å². The Hall–Kier alpha value is -0.430. The van der Waals surface area contributed by atoms with E-state index < -0.39 is 10.0 Å². The first-order valence-corrected chi connectivity index (χ1v) is 9.36. The molecule has 0 amide bonds. The van der Waals surface area contributed by atoms with Gasteiger partial charge in [0.2, 0.25) is 10.0 Å². The average molecular weight is 361 g/mol. The molecular weight excluding hydrogens is 340 g/mol. The summed E-state index contributed by atoms with van der Waals surface area (Å²) in [6, 6.07) is 8.28. The van der Waals surface area contributed by atoms with Gasteiger partial charge < -0.3 is 0 Å². The monoisotopic (exact) mass is 360 g/mol. The molecule has 0 bridgehead atoms. The van der Waals surface area contributed by atoms with Crippen LogP contribution < -0.4 is 0 Å². The van der Waals surface area contributed by atoms with Gasteiger partial charge in [0.25, 0.3) is 0 Å². The molecule has 0 unspecified atom stereocenters. The summed E-state index contributed by atoms with van der Waals surface area (Å²) in [4.78, 5) is 2.31. The van der Waals surface area contributed by atoms with Gasteiger partial charge in [-0.3, -0.25) is 4.90 Å². The van der Waals surface area contributed by atoms with E-state index in [-0.39, 0.29) is 5.75 Å². The van der Waals surface area contributed by atoms with Gasteiger partial charge >= 0.3 is 0 Å². The number of nitrogens with zero attached hydrogens (tertiary/aromatic N) is 2. The molecule has 0 atom stereocenters. The number of halogens is 1. The maximum atomic E-state index is 12.0. The van der Waals surface area contributed by atoms with Crippen molar-refractivity contribution in [3.05, 3.63) is 34.3 Å². The molecule has 1 saturated heterocycles. The molecule has 6 heteroatoms. The van der Waals surface area contributed by atoms with Gasteiger partial charge in [0.15, 0.2) is 0 Å². The van der Waals surface area contributed by atoms with Crippen molar-refractivity contribution in [2.45, 2.75) is 19.9 Å². The molecule has 1 aliphatic rings. The van der Waals surface area contributed by atoms with Crippen molar-refractivity contribution in [2.24, 2.45) is 0 Å². The maximum Gasteiger partial charge on any atom is 0.214 e. The Morgan fingerprint density at radius 3 is 2.25 bits per heavy atom. The molecule has 1 aliphatic heterocycles. The summed E-state index contributed by atoms with van der Waals surface area (Å²) in [5, 5.41) is 0. The molecule has 0 aliphatic carbocycles. The fraction of sp³-hybridized carbons (Fsp3) is 0.571. The Morgan fingerprint density at radius 1 is 1.10 bits per heavy atom. The van der Waals surface area contributed by atoms with E-state index in [1.807, 2.05) is 19.1 Å². The van der Waals surface area contributed by atoms with E-state index >= 15 is 0 Å². The van der Waals surface area contributed by atoms with Crippen molar-refractivity contribution in [3.8, 4) is 0 Å². The van der Waals surface area contributed by atoms with E-state index in [1.165, 1.54) is 5.56 Å². The molecule has 20 heavy (non-hydrogen) atoms. The van der Waals surface area contributed by atoms with Gasteiger partial charge in [-0.25, -0.2) is 8.42 Å². The molecule has 0 spiro atoms. The molecule has 0 radical (unpaired) electrons. The molecule has 2 rings (SSSR count). The zero-order chi connectivity index (χ0) is 14.6. The maximum absolute atomic E-state index is 12.0. The van der Waals surface area contributed by atoms with Crippen LogP contribution in [0.2, 0.25) is 0 Å². The first-order chi connectivity index (χ1) is 9.51. The van der Waals surface area contributed by atoms with Gasteiger partial charge in [-0.15, -0.1) is 0 Å². The molecule has 0 saturated carbocycles. The van der Waals surface area contributed by atoms with Crippen LogP contribution in [0.4, 0.5) is 0 Å². The number of piperazine rings is 1. The van der Waals surface area contributed by atoms with E-state index in [4.69, 9.17) is 0 Å². The van der Waals surface area contributed by atoms with Crippen molar-refractivity contribution >= 4 is 26.0 Å². The Balaban J connectivity index is 1.87. The smallest absolute Gasteiger partial charge is 0.214 e. The van der Waals surface area contributed by atoms with Crippen LogP contribution in [0.15, 0.2) is 28.7 Å². The fourth-order valence-electron chi connectivity index (χ4n) is 2.40. The molecule has 1 heterocycles. The zero-order valence-corrected chi connectivity index (χ0v) is 14.2. The number of hydrogen-bond donors (Lipinski definition) is 0. The van der Waals surface area contributed by atoms with Crippen molar-refractivity contribution in [2.75, 3.05) is 31.9 Å². The van der Waals surface area contributed by atoms with Crippen LogP contribution in [0.1, 0.15) is 18.9 Å². The highest BCUT2D eigenvalue weighted by molar-refractivity contribution is 9.10.